The van der Waals surface area contributed by atoms with Gasteiger partial charge in [0.15, 0.2) is 5.78 Å². The normalized spacial score (nSPS) is 11.1. The highest BCUT2D eigenvalue weighted by Crippen LogP contribution is 2.11. The van der Waals surface area contributed by atoms with E-state index in [0.717, 1.165) is 11.0 Å². The fourth-order valence-electron chi connectivity index (χ4n) is 1.47. The van der Waals surface area contributed by atoms with Crippen LogP contribution in [0.15, 0.2) is 24.5 Å². The molecule has 0 aliphatic carbocycles. The van der Waals surface area contributed by atoms with Crippen molar-refractivity contribution in [2.75, 3.05) is 20.6 Å². The topological polar surface area (TPSA) is 49.0 Å². The van der Waals surface area contributed by atoms with Crippen LogP contribution in [0.2, 0.25) is 0 Å². The van der Waals surface area contributed by atoms with E-state index < -0.39 is 0 Å². The summed E-state index contributed by atoms with van der Waals surface area (Å²) in [6, 6.07) is 3.78. The van der Waals surface area contributed by atoms with Gasteiger partial charge in [-0.1, -0.05) is 0 Å². The van der Waals surface area contributed by atoms with Gasteiger partial charge in [0.2, 0.25) is 0 Å². The van der Waals surface area contributed by atoms with E-state index in [4.69, 9.17) is 0 Å². The minimum atomic E-state index is 0.0931. The van der Waals surface area contributed by atoms with Crippen molar-refractivity contribution in [1.29, 1.82) is 0 Å². The highest BCUT2D eigenvalue weighted by molar-refractivity contribution is 5.99. The number of Topliss-reactive ketones (excluding diaryl/α,β-unsaturated/α-hetero) is 1. The molecular weight excluding hydrogens is 190 g/mol. The lowest BCUT2D eigenvalue weighted by Crippen LogP contribution is -2.21. The van der Waals surface area contributed by atoms with Crippen LogP contribution in [-0.4, -0.2) is 41.3 Å². The van der Waals surface area contributed by atoms with Crippen molar-refractivity contribution in [2.24, 2.45) is 0 Å². The van der Waals surface area contributed by atoms with E-state index in [1.807, 2.05) is 37.3 Å². The quantitative estimate of drug-likeness (QED) is 0.765. The Morgan fingerprint density at radius 2 is 2.33 bits per heavy atom. The summed E-state index contributed by atoms with van der Waals surface area (Å²) in [6.07, 6.45) is 3.43. The lowest BCUT2D eigenvalue weighted by Gasteiger charge is -2.07. The Morgan fingerprint density at radius 1 is 1.53 bits per heavy atom. The molecule has 4 nitrogen and oxygen atoms in total. The molecule has 0 fully saturated rings. The SMILES string of the molecule is CN(C)CC(=O)c1cnc2[nH]ccc2c1. The standard InChI is InChI=1S/C11H13N3O/c1-14(2)7-10(15)9-5-8-3-4-12-11(8)13-6-9/h3-6H,7H2,1-2H3,(H,12,13). The van der Waals surface area contributed by atoms with E-state index in [-0.39, 0.29) is 5.78 Å². The maximum Gasteiger partial charge on any atom is 0.178 e. The van der Waals surface area contributed by atoms with Crippen LogP contribution in [0.1, 0.15) is 10.4 Å². The highest BCUT2D eigenvalue weighted by atomic mass is 16.1. The lowest BCUT2D eigenvalue weighted by molar-refractivity contribution is 0.0957. The van der Waals surface area contributed by atoms with E-state index >= 15 is 0 Å². The van der Waals surface area contributed by atoms with Gasteiger partial charge in [-0.25, -0.2) is 4.98 Å². The van der Waals surface area contributed by atoms with Crippen LogP contribution in [0.3, 0.4) is 0 Å². The van der Waals surface area contributed by atoms with Gasteiger partial charge in [0.1, 0.15) is 5.65 Å². The summed E-state index contributed by atoms with van der Waals surface area (Å²) in [5, 5.41) is 0.972. The molecule has 78 valence electrons. The van der Waals surface area contributed by atoms with E-state index in [2.05, 4.69) is 9.97 Å². The number of nitrogens with one attached hydrogen (secondary N) is 1. The average molecular weight is 203 g/mol. The molecule has 0 unspecified atom stereocenters. The van der Waals surface area contributed by atoms with E-state index in [1.165, 1.54) is 0 Å². The monoisotopic (exact) mass is 203 g/mol. The number of pyridine rings is 1. The Bertz CT molecular complexity index is 487. The molecule has 0 saturated carbocycles. The Hall–Kier alpha value is -1.68. The van der Waals surface area contributed by atoms with E-state index in [9.17, 15) is 4.79 Å². The second-order valence-electron chi connectivity index (χ2n) is 3.80. The third kappa shape index (κ3) is 2.05. The van der Waals surface area contributed by atoms with Gasteiger partial charge in [0, 0.05) is 23.3 Å². The van der Waals surface area contributed by atoms with Crippen LogP contribution in [0.5, 0.6) is 0 Å². The first-order chi connectivity index (χ1) is 7.16. The molecular formula is C11H13N3O. The van der Waals surface area contributed by atoms with Crippen molar-refractivity contribution < 1.29 is 4.79 Å². The number of carbonyl (C=O) groups excluding carboxylic acids is 1. The average Bonchev–Trinajstić information content (AvgIpc) is 2.62. The van der Waals surface area contributed by atoms with Crippen molar-refractivity contribution in [3.8, 4) is 0 Å². The molecule has 0 spiro atoms. The molecule has 0 atom stereocenters. The van der Waals surface area contributed by atoms with Crippen molar-refractivity contribution in [3.05, 3.63) is 30.1 Å². The zero-order valence-electron chi connectivity index (χ0n) is 8.82. The Labute approximate surface area is 87.9 Å². The fourth-order valence-corrected chi connectivity index (χ4v) is 1.47. The summed E-state index contributed by atoms with van der Waals surface area (Å²) in [5.41, 5.74) is 1.48. The number of fused-ring (bicyclic) bond motifs is 1. The zero-order chi connectivity index (χ0) is 10.8. The molecule has 2 aromatic heterocycles. The number of ketones is 1. The molecule has 2 aromatic rings. The summed E-state index contributed by atoms with van der Waals surface area (Å²) in [7, 11) is 3.75. The second kappa shape index (κ2) is 3.82. The smallest absolute Gasteiger partial charge is 0.178 e. The van der Waals surface area contributed by atoms with E-state index in [0.29, 0.717) is 12.1 Å². The lowest BCUT2D eigenvalue weighted by atomic mass is 10.1. The van der Waals surface area contributed by atoms with Crippen LogP contribution >= 0.6 is 0 Å². The second-order valence-corrected chi connectivity index (χ2v) is 3.80. The van der Waals surface area contributed by atoms with Crippen molar-refractivity contribution in [2.45, 2.75) is 0 Å². The first kappa shape index (κ1) is 9.86. The number of hydrogen-bond donors (Lipinski definition) is 1. The molecule has 2 rings (SSSR count). The Balaban J connectivity index is 2.31. The van der Waals surface area contributed by atoms with Gasteiger partial charge in [-0.15, -0.1) is 0 Å². The molecule has 15 heavy (non-hydrogen) atoms. The number of nitrogens with zero attached hydrogens (tertiary/aromatic N) is 2. The number of likely N-dealkylation sites (N-methyl/N-ethyl adjacent to an activating group) is 1. The first-order valence-electron chi connectivity index (χ1n) is 4.78. The fraction of sp³-hybridized carbons (Fsp3) is 0.273. The summed E-state index contributed by atoms with van der Waals surface area (Å²) >= 11 is 0. The van der Waals surface area contributed by atoms with Gasteiger partial charge in [0.05, 0.1) is 6.54 Å². The minimum absolute atomic E-state index is 0.0931. The third-order valence-electron chi connectivity index (χ3n) is 2.18. The predicted octanol–water partition coefficient (Wildman–Crippen LogP) is 1.31. The minimum Gasteiger partial charge on any atom is -0.346 e. The number of aromatic nitrogens is 2. The third-order valence-corrected chi connectivity index (χ3v) is 2.18. The van der Waals surface area contributed by atoms with Crippen LogP contribution < -0.4 is 0 Å². The van der Waals surface area contributed by atoms with Crippen LogP contribution in [0, 0.1) is 0 Å². The summed E-state index contributed by atoms with van der Waals surface area (Å²) in [4.78, 5) is 20.7. The summed E-state index contributed by atoms with van der Waals surface area (Å²) in [5.74, 6) is 0.0931. The number of hydrogen-bond acceptors (Lipinski definition) is 3. The van der Waals surface area contributed by atoms with E-state index in [1.54, 1.807) is 6.20 Å². The first-order valence-corrected chi connectivity index (χ1v) is 4.78. The Morgan fingerprint density at radius 3 is 3.07 bits per heavy atom. The van der Waals surface area contributed by atoms with Gasteiger partial charge >= 0.3 is 0 Å². The number of aromatic amines is 1. The molecule has 0 amide bonds. The van der Waals surface area contributed by atoms with Gasteiger partial charge in [-0.2, -0.15) is 0 Å². The van der Waals surface area contributed by atoms with Gasteiger partial charge < -0.3 is 9.88 Å². The number of rotatable bonds is 3. The molecule has 2 heterocycles. The highest BCUT2D eigenvalue weighted by Gasteiger charge is 2.08. The maximum absolute atomic E-state index is 11.7. The van der Waals surface area contributed by atoms with Crippen molar-refractivity contribution in [3.63, 3.8) is 0 Å². The zero-order valence-corrected chi connectivity index (χ0v) is 8.82. The number of carbonyl (C=O) groups is 1. The molecule has 0 aliphatic rings. The molecule has 0 saturated heterocycles. The molecule has 0 aromatic carbocycles. The van der Waals surface area contributed by atoms with Crippen LogP contribution in [0.25, 0.3) is 11.0 Å². The molecule has 0 radical (unpaired) electrons. The predicted molar refractivity (Wildman–Crippen MR) is 59.0 cm³/mol. The molecule has 0 aliphatic heterocycles. The largest absolute Gasteiger partial charge is 0.346 e. The Kier molecular flexibility index (Phi) is 2.51. The van der Waals surface area contributed by atoms with Gasteiger partial charge in [-0.05, 0) is 26.2 Å². The molecule has 0 bridgehead atoms. The molecule has 4 heteroatoms. The van der Waals surface area contributed by atoms with Gasteiger partial charge in [0.25, 0.3) is 0 Å². The van der Waals surface area contributed by atoms with Crippen LogP contribution in [-0.2, 0) is 0 Å². The number of H-pyrrole nitrogens is 1. The summed E-state index contributed by atoms with van der Waals surface area (Å²) in [6.45, 7) is 0.414. The van der Waals surface area contributed by atoms with Crippen LogP contribution in [0.4, 0.5) is 0 Å². The molecule has 1 N–H and O–H groups in total. The van der Waals surface area contributed by atoms with Crippen molar-refractivity contribution >= 4 is 16.8 Å². The maximum atomic E-state index is 11.7. The van der Waals surface area contributed by atoms with Gasteiger partial charge in [-0.3, -0.25) is 4.79 Å². The van der Waals surface area contributed by atoms with Crippen molar-refractivity contribution in [1.82, 2.24) is 14.9 Å². The summed E-state index contributed by atoms with van der Waals surface area (Å²) < 4.78 is 0.